The van der Waals surface area contributed by atoms with Gasteiger partial charge in [-0.25, -0.2) is 4.98 Å². The molecule has 0 amide bonds. The Kier molecular flexibility index (Phi) is 4.40. The average Bonchev–Trinajstić information content (AvgIpc) is 2.83. The maximum absolute atomic E-state index is 4.12. The molecule has 1 heterocycles. The SMILES string of the molecule is CCNC(Cn1ccnc1)C1CCCCC1. The minimum atomic E-state index is 0.625. The molecule has 1 aliphatic carbocycles. The summed E-state index contributed by atoms with van der Waals surface area (Å²) in [5.41, 5.74) is 0. The first-order valence-electron chi connectivity index (χ1n) is 6.59. The molecule has 90 valence electrons. The van der Waals surface area contributed by atoms with Crippen molar-refractivity contribution < 1.29 is 0 Å². The number of hydrogen-bond acceptors (Lipinski definition) is 2. The third-order valence-corrected chi connectivity index (χ3v) is 3.65. The fourth-order valence-electron chi connectivity index (χ4n) is 2.80. The van der Waals surface area contributed by atoms with E-state index in [9.17, 15) is 0 Å². The predicted octanol–water partition coefficient (Wildman–Crippen LogP) is 2.44. The Balaban J connectivity index is 1.92. The highest BCUT2D eigenvalue weighted by molar-refractivity contribution is 4.83. The van der Waals surface area contributed by atoms with Crippen LogP contribution in [0.15, 0.2) is 18.7 Å². The van der Waals surface area contributed by atoms with Crippen LogP contribution in [0.2, 0.25) is 0 Å². The summed E-state index contributed by atoms with van der Waals surface area (Å²) in [6.45, 7) is 4.33. The number of nitrogens with one attached hydrogen (secondary N) is 1. The van der Waals surface area contributed by atoms with Crippen molar-refractivity contribution in [3.05, 3.63) is 18.7 Å². The number of aromatic nitrogens is 2. The van der Waals surface area contributed by atoms with Crippen LogP contribution in [-0.4, -0.2) is 22.1 Å². The molecule has 0 spiro atoms. The molecule has 0 aliphatic heterocycles. The summed E-state index contributed by atoms with van der Waals surface area (Å²) in [6.07, 6.45) is 12.9. The van der Waals surface area contributed by atoms with Gasteiger partial charge < -0.3 is 9.88 Å². The third-order valence-electron chi connectivity index (χ3n) is 3.65. The number of hydrogen-bond donors (Lipinski definition) is 1. The summed E-state index contributed by atoms with van der Waals surface area (Å²) in [5, 5.41) is 3.64. The Hall–Kier alpha value is -0.830. The first-order valence-corrected chi connectivity index (χ1v) is 6.59. The van der Waals surface area contributed by atoms with Crippen molar-refractivity contribution in [3.63, 3.8) is 0 Å². The van der Waals surface area contributed by atoms with Gasteiger partial charge in [0, 0.05) is 25.0 Å². The van der Waals surface area contributed by atoms with E-state index in [1.165, 1.54) is 32.1 Å². The molecular formula is C13H23N3. The van der Waals surface area contributed by atoms with Crippen LogP contribution < -0.4 is 5.32 Å². The van der Waals surface area contributed by atoms with Crippen LogP contribution in [0.4, 0.5) is 0 Å². The normalized spacial score (nSPS) is 19.8. The summed E-state index contributed by atoms with van der Waals surface area (Å²) in [7, 11) is 0. The van der Waals surface area contributed by atoms with Crippen molar-refractivity contribution in [3.8, 4) is 0 Å². The van der Waals surface area contributed by atoms with Crippen molar-refractivity contribution in [2.75, 3.05) is 6.54 Å². The molecule has 1 aromatic heterocycles. The Morgan fingerprint density at radius 2 is 2.19 bits per heavy atom. The smallest absolute Gasteiger partial charge is 0.0946 e. The van der Waals surface area contributed by atoms with Crippen LogP contribution in [0.5, 0.6) is 0 Å². The summed E-state index contributed by atoms with van der Waals surface area (Å²) in [4.78, 5) is 4.12. The summed E-state index contributed by atoms with van der Waals surface area (Å²) < 4.78 is 2.20. The van der Waals surface area contributed by atoms with Gasteiger partial charge in [-0.2, -0.15) is 0 Å². The van der Waals surface area contributed by atoms with Crippen molar-refractivity contribution in [2.45, 2.75) is 51.6 Å². The van der Waals surface area contributed by atoms with Gasteiger partial charge in [0.15, 0.2) is 0 Å². The predicted molar refractivity (Wildman–Crippen MR) is 66.3 cm³/mol. The molecule has 3 heteroatoms. The van der Waals surface area contributed by atoms with Gasteiger partial charge in [0.2, 0.25) is 0 Å². The topological polar surface area (TPSA) is 29.9 Å². The van der Waals surface area contributed by atoms with Crippen LogP contribution in [0, 0.1) is 5.92 Å². The second-order valence-corrected chi connectivity index (χ2v) is 4.82. The first-order chi connectivity index (χ1) is 7.90. The van der Waals surface area contributed by atoms with Gasteiger partial charge in [0.1, 0.15) is 0 Å². The fraction of sp³-hybridized carbons (Fsp3) is 0.769. The van der Waals surface area contributed by atoms with E-state index >= 15 is 0 Å². The van der Waals surface area contributed by atoms with Gasteiger partial charge in [0.25, 0.3) is 0 Å². The molecule has 1 aliphatic rings. The van der Waals surface area contributed by atoms with Gasteiger partial charge in [-0.15, -0.1) is 0 Å². The van der Waals surface area contributed by atoms with Crippen molar-refractivity contribution in [1.29, 1.82) is 0 Å². The summed E-state index contributed by atoms with van der Waals surface area (Å²) >= 11 is 0. The van der Waals surface area contributed by atoms with E-state index in [0.717, 1.165) is 19.0 Å². The van der Waals surface area contributed by atoms with Gasteiger partial charge in [-0.1, -0.05) is 26.2 Å². The van der Waals surface area contributed by atoms with E-state index in [2.05, 4.69) is 28.0 Å². The standard InChI is InChI=1S/C13H23N3/c1-2-15-13(10-16-9-8-14-11-16)12-6-4-3-5-7-12/h8-9,11-13,15H,2-7,10H2,1H3. The Labute approximate surface area is 98.3 Å². The van der Waals surface area contributed by atoms with E-state index in [1.807, 2.05) is 12.5 Å². The third kappa shape index (κ3) is 3.08. The van der Waals surface area contributed by atoms with Crippen LogP contribution in [0.3, 0.4) is 0 Å². The quantitative estimate of drug-likeness (QED) is 0.827. The second kappa shape index (κ2) is 6.04. The fourth-order valence-corrected chi connectivity index (χ4v) is 2.80. The molecule has 0 aromatic carbocycles. The monoisotopic (exact) mass is 221 g/mol. The lowest BCUT2D eigenvalue weighted by Crippen LogP contribution is -2.40. The molecule has 0 saturated heterocycles. The Bertz CT molecular complexity index is 275. The van der Waals surface area contributed by atoms with E-state index in [4.69, 9.17) is 0 Å². The van der Waals surface area contributed by atoms with Crippen LogP contribution in [-0.2, 0) is 6.54 Å². The number of nitrogens with zero attached hydrogens (tertiary/aromatic N) is 2. The molecular weight excluding hydrogens is 198 g/mol. The molecule has 1 saturated carbocycles. The lowest BCUT2D eigenvalue weighted by Gasteiger charge is -2.31. The minimum Gasteiger partial charge on any atom is -0.336 e. The number of rotatable bonds is 5. The highest BCUT2D eigenvalue weighted by Crippen LogP contribution is 2.27. The summed E-state index contributed by atoms with van der Waals surface area (Å²) in [5.74, 6) is 0.857. The number of likely N-dealkylation sites (N-methyl/N-ethyl adjacent to an activating group) is 1. The van der Waals surface area contributed by atoms with E-state index in [-0.39, 0.29) is 0 Å². The van der Waals surface area contributed by atoms with Crippen molar-refractivity contribution >= 4 is 0 Å². The largest absolute Gasteiger partial charge is 0.336 e. The Morgan fingerprint density at radius 1 is 1.38 bits per heavy atom. The van der Waals surface area contributed by atoms with Gasteiger partial charge in [-0.05, 0) is 25.3 Å². The zero-order valence-corrected chi connectivity index (χ0v) is 10.2. The second-order valence-electron chi connectivity index (χ2n) is 4.82. The molecule has 16 heavy (non-hydrogen) atoms. The maximum atomic E-state index is 4.12. The maximum Gasteiger partial charge on any atom is 0.0946 e. The highest BCUT2D eigenvalue weighted by Gasteiger charge is 2.22. The van der Waals surface area contributed by atoms with Crippen molar-refractivity contribution in [2.24, 2.45) is 5.92 Å². The Morgan fingerprint density at radius 3 is 2.81 bits per heavy atom. The minimum absolute atomic E-state index is 0.625. The summed E-state index contributed by atoms with van der Waals surface area (Å²) in [6, 6.07) is 0.625. The lowest BCUT2D eigenvalue weighted by atomic mass is 9.84. The van der Waals surface area contributed by atoms with Crippen LogP contribution >= 0.6 is 0 Å². The van der Waals surface area contributed by atoms with Gasteiger partial charge >= 0.3 is 0 Å². The first kappa shape index (κ1) is 11.6. The molecule has 3 nitrogen and oxygen atoms in total. The molecule has 0 bridgehead atoms. The lowest BCUT2D eigenvalue weighted by molar-refractivity contribution is 0.250. The zero-order valence-electron chi connectivity index (χ0n) is 10.2. The molecule has 0 radical (unpaired) electrons. The van der Waals surface area contributed by atoms with E-state index < -0.39 is 0 Å². The van der Waals surface area contributed by atoms with Gasteiger partial charge in [-0.3, -0.25) is 0 Å². The molecule has 1 atom stereocenters. The van der Waals surface area contributed by atoms with E-state index in [0.29, 0.717) is 6.04 Å². The molecule has 2 rings (SSSR count). The molecule has 1 N–H and O–H groups in total. The zero-order chi connectivity index (χ0) is 11.2. The highest BCUT2D eigenvalue weighted by atomic mass is 15.1. The molecule has 1 aromatic rings. The van der Waals surface area contributed by atoms with Crippen molar-refractivity contribution in [1.82, 2.24) is 14.9 Å². The van der Waals surface area contributed by atoms with Crippen LogP contribution in [0.1, 0.15) is 39.0 Å². The average molecular weight is 221 g/mol. The molecule has 1 fully saturated rings. The number of imidazole rings is 1. The molecule has 1 unspecified atom stereocenters. The van der Waals surface area contributed by atoms with E-state index in [1.54, 1.807) is 0 Å². The van der Waals surface area contributed by atoms with Crippen LogP contribution in [0.25, 0.3) is 0 Å². The van der Waals surface area contributed by atoms with Gasteiger partial charge in [0.05, 0.1) is 6.33 Å².